The van der Waals surface area contributed by atoms with Crippen molar-refractivity contribution in [1.82, 2.24) is 9.97 Å². The first-order chi connectivity index (χ1) is 9.02. The Bertz CT molecular complexity index is 619. The topological polar surface area (TPSA) is 51.8 Å². The molecule has 2 aromatic rings. The van der Waals surface area contributed by atoms with E-state index in [1.54, 1.807) is 6.07 Å². The Morgan fingerprint density at radius 2 is 2.11 bits per heavy atom. The lowest BCUT2D eigenvalue weighted by atomic mass is 10.2. The number of halogens is 3. The Morgan fingerprint density at radius 1 is 1.37 bits per heavy atom. The monoisotopic (exact) mass is 435 g/mol. The number of benzene rings is 1. The molecule has 3 nitrogen and oxygen atoms in total. The maximum absolute atomic E-state index is 13.1. The van der Waals surface area contributed by atoms with Gasteiger partial charge in [-0.05, 0) is 63.1 Å². The predicted octanol–water partition coefficient (Wildman–Crippen LogP) is 4.18. The van der Waals surface area contributed by atoms with Crippen molar-refractivity contribution < 1.29 is 4.39 Å². The minimum atomic E-state index is -0.303. The molecule has 0 amide bonds. The van der Waals surface area contributed by atoms with E-state index in [4.69, 9.17) is 5.73 Å². The third-order valence-corrected chi connectivity index (χ3v) is 4.44. The van der Waals surface area contributed by atoms with E-state index in [0.29, 0.717) is 16.1 Å². The summed E-state index contributed by atoms with van der Waals surface area (Å²) in [5.41, 5.74) is 7.59. The fourth-order valence-electron chi connectivity index (χ4n) is 1.71. The third kappa shape index (κ3) is 3.22. The first kappa shape index (κ1) is 14.6. The molecule has 0 aliphatic carbocycles. The van der Waals surface area contributed by atoms with E-state index in [1.807, 2.05) is 0 Å². The van der Waals surface area contributed by atoms with Crippen molar-refractivity contribution in [2.75, 3.05) is 5.73 Å². The maximum atomic E-state index is 13.1. The summed E-state index contributed by atoms with van der Waals surface area (Å²) in [4.78, 5) is 8.82. The first-order valence-electron chi connectivity index (χ1n) is 5.80. The van der Waals surface area contributed by atoms with Gasteiger partial charge in [0.2, 0.25) is 0 Å². The second-order valence-electron chi connectivity index (χ2n) is 4.07. The van der Waals surface area contributed by atoms with Crippen molar-refractivity contribution in [3.05, 3.63) is 37.8 Å². The zero-order chi connectivity index (χ0) is 14.0. The summed E-state index contributed by atoms with van der Waals surface area (Å²) in [6, 6.07) is 4.43. The maximum Gasteiger partial charge on any atom is 0.162 e. The van der Waals surface area contributed by atoms with Crippen LogP contribution in [0, 0.1) is 9.39 Å². The quantitative estimate of drug-likeness (QED) is 0.735. The lowest BCUT2D eigenvalue weighted by Gasteiger charge is -2.09. The van der Waals surface area contributed by atoms with Gasteiger partial charge in [0.15, 0.2) is 5.82 Å². The molecule has 6 heteroatoms. The van der Waals surface area contributed by atoms with E-state index in [0.717, 1.165) is 27.7 Å². The van der Waals surface area contributed by atoms with Gasteiger partial charge in [-0.1, -0.05) is 13.3 Å². The smallest absolute Gasteiger partial charge is 0.162 e. The molecule has 1 aromatic carbocycles. The van der Waals surface area contributed by atoms with Gasteiger partial charge in [0.1, 0.15) is 11.6 Å². The molecule has 0 fully saturated rings. The van der Waals surface area contributed by atoms with Crippen LogP contribution >= 0.6 is 38.5 Å². The molecular weight excluding hydrogens is 424 g/mol. The summed E-state index contributed by atoms with van der Waals surface area (Å²) in [7, 11) is 0. The SMILES string of the molecule is CCCc1nc(-c2ccc(F)cc2Br)nc(N)c1I. The minimum Gasteiger partial charge on any atom is -0.383 e. The van der Waals surface area contributed by atoms with Crippen LogP contribution in [-0.2, 0) is 6.42 Å². The second-order valence-corrected chi connectivity index (χ2v) is 6.00. The van der Waals surface area contributed by atoms with E-state index in [2.05, 4.69) is 55.4 Å². The molecule has 0 radical (unpaired) electrons. The summed E-state index contributed by atoms with van der Waals surface area (Å²) in [6.45, 7) is 2.09. The van der Waals surface area contributed by atoms with E-state index in [-0.39, 0.29) is 5.82 Å². The van der Waals surface area contributed by atoms with Crippen molar-refractivity contribution in [3.63, 3.8) is 0 Å². The van der Waals surface area contributed by atoms with Gasteiger partial charge in [-0.3, -0.25) is 0 Å². The molecule has 1 heterocycles. The van der Waals surface area contributed by atoms with Crippen LogP contribution in [0.5, 0.6) is 0 Å². The highest BCUT2D eigenvalue weighted by Gasteiger charge is 2.13. The molecule has 0 spiro atoms. The average Bonchev–Trinajstić information content (AvgIpc) is 2.35. The van der Waals surface area contributed by atoms with Crippen LogP contribution in [0.4, 0.5) is 10.2 Å². The van der Waals surface area contributed by atoms with Gasteiger partial charge < -0.3 is 5.73 Å². The van der Waals surface area contributed by atoms with Gasteiger partial charge in [0, 0.05) is 10.0 Å². The Labute approximate surface area is 133 Å². The summed E-state index contributed by atoms with van der Waals surface area (Å²) < 4.78 is 14.6. The number of hydrogen-bond acceptors (Lipinski definition) is 3. The normalized spacial score (nSPS) is 10.7. The summed E-state index contributed by atoms with van der Waals surface area (Å²) in [5, 5.41) is 0. The first-order valence-corrected chi connectivity index (χ1v) is 7.67. The van der Waals surface area contributed by atoms with Gasteiger partial charge in [-0.15, -0.1) is 0 Å². The molecule has 2 N–H and O–H groups in total. The fraction of sp³-hybridized carbons (Fsp3) is 0.231. The largest absolute Gasteiger partial charge is 0.383 e. The Balaban J connectivity index is 2.56. The second kappa shape index (κ2) is 6.13. The zero-order valence-corrected chi connectivity index (χ0v) is 14.0. The van der Waals surface area contributed by atoms with Crippen LogP contribution in [0.2, 0.25) is 0 Å². The minimum absolute atomic E-state index is 0.303. The van der Waals surface area contributed by atoms with Crippen LogP contribution in [-0.4, -0.2) is 9.97 Å². The number of rotatable bonds is 3. The Hall–Kier alpha value is -0.760. The summed E-state index contributed by atoms with van der Waals surface area (Å²) in [5.74, 6) is 0.682. The number of anilines is 1. The zero-order valence-electron chi connectivity index (χ0n) is 10.3. The van der Waals surface area contributed by atoms with Crippen LogP contribution in [0.25, 0.3) is 11.4 Å². The van der Waals surface area contributed by atoms with Gasteiger partial charge in [-0.2, -0.15) is 0 Å². The lowest BCUT2D eigenvalue weighted by molar-refractivity contribution is 0.627. The van der Waals surface area contributed by atoms with E-state index in [1.165, 1.54) is 12.1 Å². The predicted molar refractivity (Wildman–Crippen MR) is 86.3 cm³/mol. The number of nitrogen functional groups attached to an aromatic ring is 1. The molecule has 19 heavy (non-hydrogen) atoms. The van der Waals surface area contributed by atoms with Crippen molar-refractivity contribution in [2.24, 2.45) is 0 Å². The molecule has 0 aliphatic heterocycles. The highest BCUT2D eigenvalue weighted by Crippen LogP contribution is 2.29. The molecule has 1 aromatic heterocycles. The van der Waals surface area contributed by atoms with Gasteiger partial charge in [-0.25, -0.2) is 14.4 Å². The molecule has 0 atom stereocenters. The van der Waals surface area contributed by atoms with Gasteiger partial charge in [0.05, 0.1) is 9.26 Å². The summed E-state index contributed by atoms with van der Waals surface area (Å²) in [6.07, 6.45) is 1.83. The fourth-order valence-corrected chi connectivity index (χ4v) is 2.75. The molecule has 100 valence electrons. The third-order valence-electron chi connectivity index (χ3n) is 2.60. The molecule has 0 bridgehead atoms. The van der Waals surface area contributed by atoms with Gasteiger partial charge >= 0.3 is 0 Å². The lowest BCUT2D eigenvalue weighted by Crippen LogP contribution is -2.05. The molecule has 0 saturated heterocycles. The van der Waals surface area contributed by atoms with Gasteiger partial charge in [0.25, 0.3) is 0 Å². The molecular formula is C13H12BrFIN3. The number of nitrogens with two attached hydrogens (primary N) is 1. The van der Waals surface area contributed by atoms with Crippen molar-refractivity contribution in [2.45, 2.75) is 19.8 Å². The van der Waals surface area contributed by atoms with Crippen LogP contribution in [0.1, 0.15) is 19.0 Å². The number of hydrogen-bond donors (Lipinski definition) is 1. The average molecular weight is 436 g/mol. The highest BCUT2D eigenvalue weighted by atomic mass is 127. The van der Waals surface area contributed by atoms with E-state index < -0.39 is 0 Å². The molecule has 0 saturated carbocycles. The van der Waals surface area contributed by atoms with Crippen LogP contribution < -0.4 is 5.73 Å². The van der Waals surface area contributed by atoms with Crippen molar-refractivity contribution >= 4 is 44.3 Å². The number of aromatic nitrogens is 2. The number of nitrogens with zero attached hydrogens (tertiary/aromatic N) is 2. The molecule has 0 unspecified atom stereocenters. The number of aryl methyl sites for hydroxylation is 1. The van der Waals surface area contributed by atoms with E-state index >= 15 is 0 Å². The standard InChI is InChI=1S/C13H12BrFIN3/c1-2-3-10-11(16)12(17)19-13(18-10)8-5-4-7(15)6-9(8)14/h4-6H,2-3H2,1H3,(H2,17,18,19). The highest BCUT2D eigenvalue weighted by molar-refractivity contribution is 14.1. The summed E-state index contributed by atoms with van der Waals surface area (Å²) >= 11 is 5.48. The van der Waals surface area contributed by atoms with Crippen molar-refractivity contribution in [1.29, 1.82) is 0 Å². The Kier molecular flexibility index (Phi) is 4.72. The van der Waals surface area contributed by atoms with Crippen LogP contribution in [0.15, 0.2) is 22.7 Å². The molecule has 0 aliphatic rings. The molecule has 2 rings (SSSR count). The van der Waals surface area contributed by atoms with Crippen LogP contribution in [0.3, 0.4) is 0 Å². The van der Waals surface area contributed by atoms with Crippen molar-refractivity contribution in [3.8, 4) is 11.4 Å². The van der Waals surface area contributed by atoms with E-state index in [9.17, 15) is 4.39 Å². The Morgan fingerprint density at radius 3 is 2.74 bits per heavy atom.